The number of benzene rings is 3. The van der Waals surface area contributed by atoms with Gasteiger partial charge in [0.15, 0.2) is 5.78 Å². The van der Waals surface area contributed by atoms with Gasteiger partial charge in [0.25, 0.3) is 11.8 Å². The maximum absolute atomic E-state index is 13.0. The smallest absolute Gasteiger partial charge is 0.254 e. The molecular weight excluding hydrogens is 364 g/mol. The minimum Gasteiger partial charge on any atom is -0.355 e. The molecular formula is C24H22N2O3. The van der Waals surface area contributed by atoms with Crippen LogP contribution in [-0.2, 0) is 6.54 Å². The van der Waals surface area contributed by atoms with E-state index in [1.807, 2.05) is 18.2 Å². The molecule has 0 aliphatic heterocycles. The Morgan fingerprint density at radius 2 is 1.34 bits per heavy atom. The van der Waals surface area contributed by atoms with Crippen molar-refractivity contribution in [1.29, 1.82) is 0 Å². The highest BCUT2D eigenvalue weighted by molar-refractivity contribution is 6.15. The summed E-state index contributed by atoms with van der Waals surface area (Å²) < 4.78 is 0. The summed E-state index contributed by atoms with van der Waals surface area (Å²) in [5, 5.41) is 2.58. The van der Waals surface area contributed by atoms with Crippen LogP contribution in [0.1, 0.15) is 42.2 Å². The fraction of sp³-hybridized carbons (Fsp3) is 0.125. The molecule has 2 amide bonds. The van der Waals surface area contributed by atoms with Crippen LogP contribution in [0.5, 0.6) is 0 Å². The van der Waals surface area contributed by atoms with Crippen molar-refractivity contribution in [2.75, 3.05) is 14.1 Å². The van der Waals surface area contributed by atoms with Crippen LogP contribution in [0.2, 0.25) is 0 Å². The molecule has 0 saturated heterocycles. The first kappa shape index (κ1) is 20.0. The van der Waals surface area contributed by atoms with E-state index < -0.39 is 0 Å². The van der Waals surface area contributed by atoms with E-state index in [-0.39, 0.29) is 17.6 Å². The molecule has 0 atom stereocenters. The molecule has 0 aliphatic rings. The van der Waals surface area contributed by atoms with Crippen molar-refractivity contribution in [3.63, 3.8) is 0 Å². The summed E-state index contributed by atoms with van der Waals surface area (Å²) in [6.07, 6.45) is 0. The van der Waals surface area contributed by atoms with Crippen molar-refractivity contribution >= 4 is 17.6 Å². The highest BCUT2D eigenvalue weighted by atomic mass is 16.2. The lowest BCUT2D eigenvalue weighted by molar-refractivity contribution is 0.0780. The molecule has 0 radical (unpaired) electrons. The predicted octanol–water partition coefficient (Wildman–Crippen LogP) is 3.55. The number of carbonyl (C=O) groups excluding carboxylic acids is 3. The van der Waals surface area contributed by atoms with E-state index in [0.717, 1.165) is 5.56 Å². The van der Waals surface area contributed by atoms with Crippen LogP contribution in [0.3, 0.4) is 0 Å². The summed E-state index contributed by atoms with van der Waals surface area (Å²) in [4.78, 5) is 39.1. The Morgan fingerprint density at radius 1 is 0.759 bits per heavy atom. The Balaban J connectivity index is 1.80. The average molecular weight is 386 g/mol. The number of nitrogens with one attached hydrogen (secondary N) is 1. The Bertz CT molecular complexity index is 1030. The summed E-state index contributed by atoms with van der Waals surface area (Å²) in [5.74, 6) is -0.576. The minimum absolute atomic E-state index is 0.158. The summed E-state index contributed by atoms with van der Waals surface area (Å²) in [6.45, 7) is 0.362. The molecule has 5 heteroatoms. The molecule has 1 N–H and O–H groups in total. The number of amides is 2. The predicted molar refractivity (Wildman–Crippen MR) is 112 cm³/mol. The Hall–Kier alpha value is -3.73. The number of hydrogen-bond donors (Lipinski definition) is 1. The first-order chi connectivity index (χ1) is 14.0. The lowest BCUT2D eigenvalue weighted by atomic mass is 9.97. The summed E-state index contributed by atoms with van der Waals surface area (Å²) in [7, 11) is 3.27. The Labute approximate surface area is 170 Å². The molecule has 0 aromatic heterocycles. The zero-order valence-corrected chi connectivity index (χ0v) is 16.4. The standard InChI is InChI=1S/C24H22N2O3/c1-25-23(28)19-14-12-17(13-15-19)16-26(2)24(29)21-11-7-6-10-20(21)22(27)18-8-4-3-5-9-18/h3-15H,16H2,1-2H3,(H,25,28). The highest BCUT2D eigenvalue weighted by Crippen LogP contribution is 2.17. The van der Waals surface area contributed by atoms with Crippen molar-refractivity contribution < 1.29 is 14.4 Å². The number of rotatable bonds is 6. The lowest BCUT2D eigenvalue weighted by Crippen LogP contribution is -2.28. The van der Waals surface area contributed by atoms with E-state index in [2.05, 4.69) is 5.32 Å². The maximum atomic E-state index is 13.0. The molecule has 29 heavy (non-hydrogen) atoms. The third-order valence-corrected chi connectivity index (χ3v) is 4.65. The normalized spacial score (nSPS) is 10.3. The van der Waals surface area contributed by atoms with Crippen molar-refractivity contribution in [3.05, 3.63) is 107 Å². The first-order valence-electron chi connectivity index (χ1n) is 9.26. The molecule has 3 rings (SSSR count). The van der Waals surface area contributed by atoms with Gasteiger partial charge < -0.3 is 10.2 Å². The lowest BCUT2D eigenvalue weighted by Gasteiger charge is -2.19. The van der Waals surface area contributed by atoms with Crippen molar-refractivity contribution in [3.8, 4) is 0 Å². The van der Waals surface area contributed by atoms with Gasteiger partial charge in [-0.15, -0.1) is 0 Å². The monoisotopic (exact) mass is 386 g/mol. The molecule has 0 bridgehead atoms. The van der Waals surface area contributed by atoms with Gasteiger partial charge in [-0.2, -0.15) is 0 Å². The molecule has 5 nitrogen and oxygen atoms in total. The molecule has 0 spiro atoms. The Kier molecular flexibility index (Phi) is 6.19. The second kappa shape index (κ2) is 8.97. The van der Waals surface area contributed by atoms with Gasteiger partial charge in [0.2, 0.25) is 0 Å². The largest absolute Gasteiger partial charge is 0.355 e. The third-order valence-electron chi connectivity index (χ3n) is 4.65. The van der Waals surface area contributed by atoms with Crippen LogP contribution in [0.25, 0.3) is 0 Å². The van der Waals surface area contributed by atoms with Gasteiger partial charge in [-0.05, 0) is 23.8 Å². The Morgan fingerprint density at radius 3 is 1.97 bits per heavy atom. The molecule has 0 saturated carbocycles. The topological polar surface area (TPSA) is 66.5 Å². The van der Waals surface area contributed by atoms with Crippen LogP contribution in [-0.4, -0.2) is 36.6 Å². The van der Waals surface area contributed by atoms with E-state index >= 15 is 0 Å². The van der Waals surface area contributed by atoms with Gasteiger partial charge in [-0.25, -0.2) is 0 Å². The van der Waals surface area contributed by atoms with Gasteiger partial charge in [-0.1, -0.05) is 60.7 Å². The quantitative estimate of drug-likeness (QED) is 0.659. The summed E-state index contributed by atoms with van der Waals surface area (Å²) in [5.41, 5.74) is 2.74. The number of ketones is 1. The number of nitrogens with zero attached hydrogens (tertiary/aromatic N) is 1. The van der Waals surface area contributed by atoms with Gasteiger partial charge in [0, 0.05) is 37.3 Å². The third kappa shape index (κ3) is 4.58. The highest BCUT2D eigenvalue weighted by Gasteiger charge is 2.20. The first-order valence-corrected chi connectivity index (χ1v) is 9.26. The van der Waals surface area contributed by atoms with Crippen LogP contribution in [0.15, 0.2) is 78.9 Å². The molecule has 0 aliphatic carbocycles. The SMILES string of the molecule is CNC(=O)c1ccc(CN(C)C(=O)c2ccccc2C(=O)c2ccccc2)cc1. The second-order valence-corrected chi connectivity index (χ2v) is 6.68. The van der Waals surface area contributed by atoms with Crippen LogP contribution >= 0.6 is 0 Å². The van der Waals surface area contributed by atoms with E-state index in [4.69, 9.17) is 0 Å². The van der Waals surface area contributed by atoms with Crippen LogP contribution in [0.4, 0.5) is 0 Å². The molecule has 0 unspecified atom stereocenters. The molecule has 3 aromatic rings. The fourth-order valence-corrected chi connectivity index (χ4v) is 3.07. The van der Waals surface area contributed by atoms with E-state index in [1.54, 1.807) is 79.7 Å². The molecule has 146 valence electrons. The van der Waals surface area contributed by atoms with Gasteiger partial charge in [-0.3, -0.25) is 14.4 Å². The van der Waals surface area contributed by atoms with Crippen LogP contribution in [0, 0.1) is 0 Å². The van der Waals surface area contributed by atoms with E-state index in [0.29, 0.717) is 28.8 Å². The fourth-order valence-electron chi connectivity index (χ4n) is 3.07. The second-order valence-electron chi connectivity index (χ2n) is 6.68. The molecule has 3 aromatic carbocycles. The van der Waals surface area contributed by atoms with E-state index in [9.17, 15) is 14.4 Å². The summed E-state index contributed by atoms with van der Waals surface area (Å²) >= 11 is 0. The number of carbonyl (C=O) groups is 3. The molecule has 0 heterocycles. The number of hydrogen-bond acceptors (Lipinski definition) is 3. The van der Waals surface area contributed by atoms with Gasteiger partial charge >= 0.3 is 0 Å². The zero-order valence-electron chi connectivity index (χ0n) is 16.4. The van der Waals surface area contributed by atoms with Crippen molar-refractivity contribution in [2.45, 2.75) is 6.54 Å². The zero-order chi connectivity index (χ0) is 20.8. The van der Waals surface area contributed by atoms with E-state index in [1.165, 1.54) is 0 Å². The minimum atomic E-state index is -0.236. The van der Waals surface area contributed by atoms with Crippen molar-refractivity contribution in [1.82, 2.24) is 10.2 Å². The van der Waals surface area contributed by atoms with Crippen molar-refractivity contribution in [2.24, 2.45) is 0 Å². The van der Waals surface area contributed by atoms with Crippen LogP contribution < -0.4 is 5.32 Å². The van der Waals surface area contributed by atoms with Gasteiger partial charge in [0.05, 0.1) is 5.56 Å². The molecule has 0 fully saturated rings. The summed E-state index contributed by atoms with van der Waals surface area (Å²) in [6, 6.07) is 22.8. The van der Waals surface area contributed by atoms with Gasteiger partial charge in [0.1, 0.15) is 0 Å². The average Bonchev–Trinajstić information content (AvgIpc) is 2.78. The maximum Gasteiger partial charge on any atom is 0.254 e.